The van der Waals surface area contributed by atoms with Crippen LogP contribution in [-0.4, -0.2) is 0 Å². The van der Waals surface area contributed by atoms with Crippen LogP contribution in [0.3, 0.4) is 0 Å². The van der Waals surface area contributed by atoms with Crippen molar-refractivity contribution in [1.82, 2.24) is 0 Å². The Morgan fingerprint density at radius 2 is 1.75 bits per heavy atom. The third-order valence-electron chi connectivity index (χ3n) is 2.55. The lowest BCUT2D eigenvalue weighted by atomic mass is 9.96. The minimum atomic E-state index is 0.624. The molecule has 0 aliphatic rings. The first-order valence-electron chi connectivity index (χ1n) is 4.77. The smallest absolute Gasteiger partial charge is 0.0202 e. The van der Waals surface area contributed by atoms with Crippen LogP contribution in [0.1, 0.15) is 41.0 Å². The summed E-state index contributed by atoms with van der Waals surface area (Å²) < 4.78 is 0. The molecule has 70 valence electrons. The maximum atomic E-state index is 3.95. The SMILES string of the molecule is C=C(C)C(C)C/C=C(\C)C(C)C. The van der Waals surface area contributed by atoms with Crippen LogP contribution in [0.25, 0.3) is 0 Å². The molecule has 0 spiro atoms. The summed E-state index contributed by atoms with van der Waals surface area (Å²) in [6.07, 6.45) is 3.48. The van der Waals surface area contributed by atoms with Gasteiger partial charge in [-0.1, -0.05) is 44.6 Å². The van der Waals surface area contributed by atoms with Crippen molar-refractivity contribution in [3.63, 3.8) is 0 Å². The van der Waals surface area contributed by atoms with Gasteiger partial charge in [0.05, 0.1) is 0 Å². The van der Waals surface area contributed by atoms with Crippen molar-refractivity contribution in [2.45, 2.75) is 41.0 Å². The normalized spacial score (nSPS) is 15.0. The predicted octanol–water partition coefficient (Wildman–Crippen LogP) is 4.19. The maximum Gasteiger partial charge on any atom is -0.0202 e. The van der Waals surface area contributed by atoms with E-state index in [0.29, 0.717) is 11.8 Å². The van der Waals surface area contributed by atoms with Gasteiger partial charge in [0.15, 0.2) is 0 Å². The molecule has 0 aromatic rings. The lowest BCUT2D eigenvalue weighted by molar-refractivity contribution is 0.680. The highest BCUT2D eigenvalue weighted by Gasteiger charge is 2.01. The fourth-order valence-electron chi connectivity index (χ4n) is 0.800. The monoisotopic (exact) mass is 166 g/mol. The maximum absolute atomic E-state index is 3.95. The third-order valence-corrected chi connectivity index (χ3v) is 2.55. The van der Waals surface area contributed by atoms with E-state index in [0.717, 1.165) is 6.42 Å². The average molecular weight is 166 g/mol. The van der Waals surface area contributed by atoms with Gasteiger partial charge in [-0.2, -0.15) is 0 Å². The van der Waals surface area contributed by atoms with Gasteiger partial charge >= 0.3 is 0 Å². The molecule has 0 rings (SSSR count). The summed E-state index contributed by atoms with van der Waals surface area (Å²) in [6, 6.07) is 0. The highest BCUT2D eigenvalue weighted by molar-refractivity contribution is 5.05. The fourth-order valence-corrected chi connectivity index (χ4v) is 0.800. The van der Waals surface area contributed by atoms with Crippen LogP contribution in [0, 0.1) is 11.8 Å². The molecule has 0 aromatic heterocycles. The van der Waals surface area contributed by atoms with Crippen molar-refractivity contribution < 1.29 is 0 Å². The van der Waals surface area contributed by atoms with Crippen molar-refractivity contribution in [2.24, 2.45) is 11.8 Å². The Labute approximate surface area is 77.4 Å². The molecule has 0 aliphatic carbocycles. The number of rotatable bonds is 4. The molecule has 0 aromatic carbocycles. The summed E-state index contributed by atoms with van der Waals surface area (Å²) in [7, 11) is 0. The zero-order chi connectivity index (χ0) is 9.72. The minimum absolute atomic E-state index is 0.624. The molecule has 0 radical (unpaired) electrons. The van der Waals surface area contributed by atoms with Crippen molar-refractivity contribution in [3.8, 4) is 0 Å². The van der Waals surface area contributed by atoms with Crippen LogP contribution in [0.2, 0.25) is 0 Å². The third kappa shape index (κ3) is 4.38. The summed E-state index contributed by atoms with van der Waals surface area (Å²) in [5.41, 5.74) is 2.77. The van der Waals surface area contributed by atoms with Gasteiger partial charge in [0.2, 0.25) is 0 Å². The van der Waals surface area contributed by atoms with Gasteiger partial charge in [-0.3, -0.25) is 0 Å². The first-order chi connectivity index (χ1) is 5.45. The van der Waals surface area contributed by atoms with E-state index in [4.69, 9.17) is 0 Å². The molecule has 0 amide bonds. The van der Waals surface area contributed by atoms with E-state index in [1.807, 2.05) is 0 Å². The highest BCUT2D eigenvalue weighted by atomic mass is 14.1. The van der Waals surface area contributed by atoms with E-state index in [2.05, 4.69) is 47.3 Å². The van der Waals surface area contributed by atoms with E-state index in [1.54, 1.807) is 0 Å². The molecule has 0 heteroatoms. The van der Waals surface area contributed by atoms with E-state index in [1.165, 1.54) is 11.1 Å². The van der Waals surface area contributed by atoms with Gasteiger partial charge < -0.3 is 0 Å². The van der Waals surface area contributed by atoms with Gasteiger partial charge in [-0.05, 0) is 32.1 Å². The van der Waals surface area contributed by atoms with Gasteiger partial charge in [0.25, 0.3) is 0 Å². The van der Waals surface area contributed by atoms with E-state index in [9.17, 15) is 0 Å². The number of hydrogen-bond donors (Lipinski definition) is 0. The Bertz CT molecular complexity index is 172. The Kier molecular flexibility index (Phi) is 4.96. The second kappa shape index (κ2) is 5.18. The van der Waals surface area contributed by atoms with Crippen LogP contribution < -0.4 is 0 Å². The molecule has 0 aliphatic heterocycles. The molecule has 1 atom stereocenters. The zero-order valence-corrected chi connectivity index (χ0v) is 9.15. The summed E-state index contributed by atoms with van der Waals surface area (Å²) in [4.78, 5) is 0. The van der Waals surface area contributed by atoms with Crippen LogP contribution in [-0.2, 0) is 0 Å². The molecule has 12 heavy (non-hydrogen) atoms. The highest BCUT2D eigenvalue weighted by Crippen LogP contribution is 2.16. The van der Waals surface area contributed by atoms with Gasteiger partial charge in [0.1, 0.15) is 0 Å². The van der Waals surface area contributed by atoms with E-state index < -0.39 is 0 Å². The van der Waals surface area contributed by atoms with Gasteiger partial charge in [0, 0.05) is 0 Å². The molecule has 0 nitrogen and oxygen atoms in total. The van der Waals surface area contributed by atoms with Crippen LogP contribution in [0.4, 0.5) is 0 Å². The standard InChI is InChI=1S/C12H22/c1-9(2)11(5)7-8-12(6)10(3)4/h8,10-11H,1,7H2,2-6H3/b12-8+. The first kappa shape index (κ1) is 11.5. The average Bonchev–Trinajstić information content (AvgIpc) is 1.98. The number of hydrogen-bond acceptors (Lipinski definition) is 0. The topological polar surface area (TPSA) is 0 Å². The predicted molar refractivity (Wildman–Crippen MR) is 57.2 cm³/mol. The molecule has 0 N–H and O–H groups in total. The Morgan fingerprint density at radius 1 is 1.25 bits per heavy atom. The van der Waals surface area contributed by atoms with Crippen molar-refractivity contribution in [1.29, 1.82) is 0 Å². The van der Waals surface area contributed by atoms with Crippen molar-refractivity contribution in [2.75, 3.05) is 0 Å². The lowest BCUT2D eigenvalue weighted by Gasteiger charge is -2.10. The van der Waals surface area contributed by atoms with E-state index >= 15 is 0 Å². The molecular formula is C12H22. The Balaban J connectivity index is 3.96. The Hall–Kier alpha value is -0.520. The van der Waals surface area contributed by atoms with Gasteiger partial charge in [-0.15, -0.1) is 0 Å². The summed E-state index contributed by atoms with van der Waals surface area (Å²) in [6.45, 7) is 14.9. The quantitative estimate of drug-likeness (QED) is 0.549. The fraction of sp³-hybridized carbons (Fsp3) is 0.667. The minimum Gasteiger partial charge on any atom is -0.0999 e. The molecular weight excluding hydrogens is 144 g/mol. The lowest BCUT2D eigenvalue weighted by Crippen LogP contribution is -1.95. The van der Waals surface area contributed by atoms with Crippen molar-refractivity contribution >= 4 is 0 Å². The van der Waals surface area contributed by atoms with Crippen molar-refractivity contribution in [3.05, 3.63) is 23.8 Å². The molecule has 0 saturated carbocycles. The number of allylic oxidation sites excluding steroid dienone is 3. The molecule has 0 fully saturated rings. The second-order valence-electron chi connectivity index (χ2n) is 4.09. The second-order valence-corrected chi connectivity index (χ2v) is 4.09. The van der Waals surface area contributed by atoms with Crippen LogP contribution in [0.15, 0.2) is 23.8 Å². The molecule has 0 bridgehead atoms. The Morgan fingerprint density at radius 3 is 2.08 bits per heavy atom. The molecule has 0 heterocycles. The molecule has 0 saturated heterocycles. The summed E-state index contributed by atoms with van der Waals surface area (Å²) in [5.74, 6) is 1.31. The summed E-state index contributed by atoms with van der Waals surface area (Å²) >= 11 is 0. The van der Waals surface area contributed by atoms with Crippen LogP contribution >= 0.6 is 0 Å². The van der Waals surface area contributed by atoms with Crippen LogP contribution in [0.5, 0.6) is 0 Å². The first-order valence-corrected chi connectivity index (χ1v) is 4.77. The van der Waals surface area contributed by atoms with Gasteiger partial charge in [-0.25, -0.2) is 0 Å². The van der Waals surface area contributed by atoms with E-state index in [-0.39, 0.29) is 0 Å². The summed E-state index contributed by atoms with van der Waals surface area (Å²) in [5, 5.41) is 0. The largest absolute Gasteiger partial charge is 0.0999 e. The zero-order valence-electron chi connectivity index (χ0n) is 9.15. The molecule has 1 unspecified atom stereocenters.